The number of carbonyl (C=O) groups excluding carboxylic acids is 1. The summed E-state index contributed by atoms with van der Waals surface area (Å²) in [5, 5.41) is 13.3. The molecule has 2 aliphatic carbocycles. The van der Waals surface area contributed by atoms with Crippen LogP contribution >= 0.6 is 0 Å². The zero-order valence-corrected chi connectivity index (χ0v) is 15.7. The van der Waals surface area contributed by atoms with E-state index >= 15 is 0 Å². The lowest BCUT2D eigenvalue weighted by Gasteiger charge is -2.44. The molecule has 0 spiro atoms. The molecule has 28 heavy (non-hydrogen) atoms. The van der Waals surface area contributed by atoms with Crippen LogP contribution in [-0.2, 0) is 4.74 Å². The standard InChI is InChI=1S/C23H23NO4/c1-28-23(27)13-7-5-12(6-8-13)20-19-15-10-9-14(11-15)18(19)16-3-2-4-17(22(25)26)21(16)24-20/h2-8,14-15,18-20,24H,9-11H2,1H3,(H,25,26)/t14-,15+,18+,19+,20+/m1/s1. The van der Waals surface area contributed by atoms with Crippen LogP contribution in [0.5, 0.6) is 0 Å². The molecule has 2 bridgehead atoms. The lowest BCUT2D eigenvalue weighted by Crippen LogP contribution is -2.36. The number of benzene rings is 2. The van der Waals surface area contributed by atoms with E-state index in [9.17, 15) is 14.7 Å². The Morgan fingerprint density at radius 1 is 1.07 bits per heavy atom. The molecule has 5 heteroatoms. The summed E-state index contributed by atoms with van der Waals surface area (Å²) in [5.41, 5.74) is 3.90. The van der Waals surface area contributed by atoms with E-state index in [1.807, 2.05) is 18.2 Å². The van der Waals surface area contributed by atoms with E-state index in [0.29, 0.717) is 34.8 Å². The Labute approximate surface area is 163 Å². The van der Waals surface area contributed by atoms with Gasteiger partial charge in [-0.15, -0.1) is 0 Å². The number of esters is 1. The molecular formula is C23H23NO4. The predicted molar refractivity (Wildman–Crippen MR) is 105 cm³/mol. The van der Waals surface area contributed by atoms with Crippen LogP contribution in [0.3, 0.4) is 0 Å². The van der Waals surface area contributed by atoms with Gasteiger partial charge in [0.2, 0.25) is 0 Å². The minimum Gasteiger partial charge on any atom is -0.478 e. The molecule has 0 saturated heterocycles. The van der Waals surface area contributed by atoms with Crippen molar-refractivity contribution in [3.8, 4) is 0 Å². The van der Waals surface area contributed by atoms with Crippen molar-refractivity contribution in [3.05, 3.63) is 64.7 Å². The molecule has 5 nitrogen and oxygen atoms in total. The lowest BCUT2D eigenvalue weighted by atomic mass is 9.67. The van der Waals surface area contributed by atoms with Gasteiger partial charge in [0, 0.05) is 0 Å². The normalized spacial score (nSPS) is 29.5. The molecule has 144 valence electrons. The first-order valence-electron chi connectivity index (χ1n) is 9.89. The van der Waals surface area contributed by atoms with Crippen LogP contribution in [-0.4, -0.2) is 24.2 Å². The molecule has 2 aromatic rings. The average Bonchev–Trinajstić information content (AvgIpc) is 3.35. The number of methoxy groups -OCH3 is 1. The fraction of sp³-hybridized carbons (Fsp3) is 0.391. The van der Waals surface area contributed by atoms with Gasteiger partial charge in [-0.05, 0) is 72.3 Å². The van der Waals surface area contributed by atoms with Crippen molar-refractivity contribution in [3.63, 3.8) is 0 Å². The molecule has 0 amide bonds. The smallest absolute Gasteiger partial charge is 0.337 e. The first-order chi connectivity index (χ1) is 13.6. The average molecular weight is 377 g/mol. The summed E-state index contributed by atoms with van der Waals surface area (Å²) in [6, 6.07) is 13.2. The molecule has 2 fully saturated rings. The van der Waals surface area contributed by atoms with Crippen LogP contribution in [0.2, 0.25) is 0 Å². The van der Waals surface area contributed by atoms with Crippen LogP contribution < -0.4 is 5.32 Å². The topological polar surface area (TPSA) is 75.6 Å². The summed E-state index contributed by atoms with van der Waals surface area (Å²) in [6.45, 7) is 0. The highest BCUT2D eigenvalue weighted by Crippen LogP contribution is 2.63. The second-order valence-electron chi connectivity index (χ2n) is 8.25. The van der Waals surface area contributed by atoms with Gasteiger partial charge in [0.15, 0.2) is 0 Å². The largest absolute Gasteiger partial charge is 0.478 e. The molecule has 5 atom stereocenters. The van der Waals surface area contributed by atoms with E-state index in [2.05, 4.69) is 11.4 Å². The Bertz CT molecular complexity index is 952. The van der Waals surface area contributed by atoms with Crippen LogP contribution in [0, 0.1) is 17.8 Å². The highest BCUT2D eigenvalue weighted by atomic mass is 16.5. The monoisotopic (exact) mass is 377 g/mol. The number of carbonyl (C=O) groups is 2. The first kappa shape index (κ1) is 17.3. The quantitative estimate of drug-likeness (QED) is 0.772. The minimum atomic E-state index is -0.897. The number of para-hydroxylation sites is 1. The molecule has 0 aromatic heterocycles. The fourth-order valence-corrected chi connectivity index (χ4v) is 5.97. The number of rotatable bonds is 3. The molecule has 1 aliphatic heterocycles. The summed E-state index contributed by atoms with van der Waals surface area (Å²) in [7, 11) is 1.38. The van der Waals surface area contributed by atoms with E-state index < -0.39 is 5.97 Å². The summed E-state index contributed by atoms with van der Waals surface area (Å²) >= 11 is 0. The summed E-state index contributed by atoms with van der Waals surface area (Å²) < 4.78 is 4.80. The zero-order valence-electron chi connectivity index (χ0n) is 15.7. The number of ether oxygens (including phenoxy) is 1. The third-order valence-electron chi connectivity index (χ3n) is 7.04. The van der Waals surface area contributed by atoms with Crippen molar-refractivity contribution in [2.75, 3.05) is 12.4 Å². The van der Waals surface area contributed by atoms with Gasteiger partial charge in [0.25, 0.3) is 0 Å². The highest BCUT2D eigenvalue weighted by molar-refractivity contribution is 5.95. The van der Waals surface area contributed by atoms with Crippen LogP contribution in [0.1, 0.15) is 63.1 Å². The van der Waals surface area contributed by atoms with Crippen LogP contribution in [0.25, 0.3) is 0 Å². The maximum Gasteiger partial charge on any atom is 0.337 e. The molecule has 1 heterocycles. The van der Waals surface area contributed by atoms with Gasteiger partial charge in [0.1, 0.15) is 0 Å². The van der Waals surface area contributed by atoms with Gasteiger partial charge in [-0.3, -0.25) is 0 Å². The fourth-order valence-electron chi connectivity index (χ4n) is 5.97. The SMILES string of the molecule is COC(=O)c1ccc([C@@H]2Nc3c(C(=O)O)cccc3[C@@H]3[C@@H]4CC[C@@H](C4)[C@@H]32)cc1. The number of aromatic carboxylic acids is 1. The zero-order chi connectivity index (χ0) is 19.4. The number of fused-ring (bicyclic) bond motifs is 7. The molecule has 2 aromatic carbocycles. The number of anilines is 1. The molecule has 3 aliphatic rings. The Morgan fingerprint density at radius 2 is 1.82 bits per heavy atom. The van der Waals surface area contributed by atoms with E-state index in [1.54, 1.807) is 18.2 Å². The van der Waals surface area contributed by atoms with Gasteiger partial charge >= 0.3 is 11.9 Å². The molecular weight excluding hydrogens is 354 g/mol. The molecule has 5 rings (SSSR count). The van der Waals surface area contributed by atoms with E-state index in [1.165, 1.54) is 31.9 Å². The Morgan fingerprint density at radius 3 is 2.54 bits per heavy atom. The molecule has 2 N–H and O–H groups in total. The molecule has 2 saturated carbocycles. The first-order valence-corrected chi connectivity index (χ1v) is 9.89. The number of carboxylic acid groups (broad SMARTS) is 1. The van der Waals surface area contributed by atoms with Crippen molar-refractivity contribution in [2.45, 2.75) is 31.2 Å². The Hall–Kier alpha value is -2.82. The van der Waals surface area contributed by atoms with Crippen LogP contribution in [0.15, 0.2) is 42.5 Å². The second kappa shape index (κ2) is 6.36. The third-order valence-corrected chi connectivity index (χ3v) is 7.04. The number of nitrogens with one attached hydrogen (secondary N) is 1. The maximum absolute atomic E-state index is 11.8. The van der Waals surface area contributed by atoms with Gasteiger partial charge in [-0.2, -0.15) is 0 Å². The van der Waals surface area contributed by atoms with Crippen molar-refractivity contribution in [1.29, 1.82) is 0 Å². The van der Waals surface area contributed by atoms with Crippen molar-refractivity contribution in [2.24, 2.45) is 17.8 Å². The van der Waals surface area contributed by atoms with Crippen molar-refractivity contribution < 1.29 is 19.4 Å². The highest BCUT2D eigenvalue weighted by Gasteiger charge is 2.54. The minimum absolute atomic E-state index is 0.0556. The van der Waals surface area contributed by atoms with Gasteiger partial charge in [-0.25, -0.2) is 9.59 Å². The van der Waals surface area contributed by atoms with E-state index in [-0.39, 0.29) is 12.0 Å². The van der Waals surface area contributed by atoms with Gasteiger partial charge in [-0.1, -0.05) is 24.3 Å². The van der Waals surface area contributed by atoms with Crippen molar-refractivity contribution >= 4 is 17.6 Å². The van der Waals surface area contributed by atoms with E-state index in [4.69, 9.17) is 4.74 Å². The number of hydrogen-bond donors (Lipinski definition) is 2. The van der Waals surface area contributed by atoms with Crippen molar-refractivity contribution in [1.82, 2.24) is 0 Å². The lowest BCUT2D eigenvalue weighted by molar-refractivity contribution is 0.0599. The Balaban J connectivity index is 1.59. The molecule has 0 radical (unpaired) electrons. The summed E-state index contributed by atoms with van der Waals surface area (Å²) in [4.78, 5) is 23.6. The maximum atomic E-state index is 11.8. The third kappa shape index (κ3) is 2.45. The van der Waals surface area contributed by atoms with Gasteiger partial charge < -0.3 is 15.2 Å². The summed E-state index contributed by atoms with van der Waals surface area (Å²) in [6.07, 6.45) is 3.71. The van der Waals surface area contributed by atoms with Gasteiger partial charge in [0.05, 0.1) is 30.0 Å². The number of hydrogen-bond acceptors (Lipinski definition) is 4. The second-order valence-corrected chi connectivity index (χ2v) is 8.25. The predicted octanol–water partition coefficient (Wildman–Crippen LogP) is 4.47. The number of carboxylic acids is 1. The molecule has 0 unspecified atom stereocenters. The Kier molecular flexibility index (Phi) is 3.93. The van der Waals surface area contributed by atoms with Crippen LogP contribution in [0.4, 0.5) is 5.69 Å². The van der Waals surface area contributed by atoms with E-state index in [0.717, 1.165) is 11.3 Å². The summed E-state index contributed by atoms with van der Waals surface area (Å²) in [5.74, 6) is 0.912.